The third-order valence-electron chi connectivity index (χ3n) is 12.1. The van der Waals surface area contributed by atoms with Crippen LogP contribution in [0.4, 0.5) is 0 Å². The van der Waals surface area contributed by atoms with Crippen molar-refractivity contribution in [1.82, 2.24) is 4.98 Å². The topological polar surface area (TPSA) is 77.9 Å². The number of aromatic nitrogens is 1. The number of aliphatic hydroxyl groups excluding tert-OH is 1. The van der Waals surface area contributed by atoms with Crippen LogP contribution >= 0.6 is 33.9 Å². The number of alkyl halides is 1. The van der Waals surface area contributed by atoms with Gasteiger partial charge in [-0.15, -0.1) is 17.9 Å². The number of hydrogen-bond donors (Lipinski definition) is 1. The highest BCUT2D eigenvalue weighted by molar-refractivity contribution is 14.1. The Morgan fingerprint density at radius 2 is 1.73 bits per heavy atom. The molecule has 0 fully saturated rings. The molecule has 292 valence electrons. The van der Waals surface area contributed by atoms with E-state index < -0.39 is 40.4 Å². The first kappa shape index (κ1) is 46.5. The largest absolute Gasteiger partial charge is 0.457 e. The standard InChI is InChI=1S/C41H72INO5SSi2/c1-17-23-41(12)35(47-50(13,14)39(6,7)8)25-36(44)46-34(29(3)24-33-27-49-31(5)43-33)22-21-32(26-42)20-18-19-28(2)37(30(4)38(41)45)48-51(15,16)40(9,10)11/h17,21,24,27-28,30,34-35,37-38,45H,1,18-20,22-23,25-26H2,2-16H3/b29-24+,32-21+/t28-,30+,34-,35-,37-,38?,41+/m0/s1. The summed E-state index contributed by atoms with van der Waals surface area (Å²) in [5.74, 6) is -0.308. The Bertz CT molecular complexity index is 1360. The summed E-state index contributed by atoms with van der Waals surface area (Å²) in [4.78, 5) is 18.9. The summed E-state index contributed by atoms with van der Waals surface area (Å²) in [6.45, 7) is 37.2. The Morgan fingerprint density at radius 1 is 1.14 bits per heavy atom. The maximum Gasteiger partial charge on any atom is 0.309 e. The van der Waals surface area contributed by atoms with Gasteiger partial charge in [-0.2, -0.15) is 0 Å². The SMILES string of the molecule is C=CC[C@@]1(C)C(O)[C@H](C)[C@@H](O[Si](C)(C)C(C)(C)C)[C@@H](C)CCC/C(CI)=C\C[C@@H](/C(C)=C/c2csc(C)n2)OC(=O)C[C@@H]1O[Si](C)(C)C(C)(C)C. The number of esters is 1. The van der Waals surface area contributed by atoms with Crippen LogP contribution in [-0.2, 0) is 18.4 Å². The first-order valence-electron chi connectivity index (χ1n) is 19.0. The minimum atomic E-state index is -2.42. The van der Waals surface area contributed by atoms with E-state index in [1.54, 1.807) is 11.3 Å². The van der Waals surface area contributed by atoms with Gasteiger partial charge in [0.15, 0.2) is 16.6 Å². The number of nitrogens with zero attached hydrogens (tertiary/aromatic N) is 1. The number of hydrogen-bond acceptors (Lipinski definition) is 7. The number of ether oxygens (including phenoxy) is 1. The predicted octanol–water partition coefficient (Wildman–Crippen LogP) is 12.1. The molecule has 0 bridgehead atoms. The Kier molecular flexibility index (Phi) is 17.2. The minimum absolute atomic E-state index is 0.0212. The molecular weight excluding hydrogens is 802 g/mol. The van der Waals surface area contributed by atoms with E-state index in [-0.39, 0.29) is 40.4 Å². The average molecular weight is 874 g/mol. The van der Waals surface area contributed by atoms with E-state index in [4.69, 9.17) is 13.6 Å². The molecule has 0 saturated carbocycles. The van der Waals surface area contributed by atoms with Crippen LogP contribution in [0.2, 0.25) is 36.3 Å². The number of rotatable bonds is 9. The van der Waals surface area contributed by atoms with E-state index in [2.05, 4.69) is 129 Å². The van der Waals surface area contributed by atoms with Crippen molar-refractivity contribution in [3.63, 3.8) is 0 Å². The van der Waals surface area contributed by atoms with E-state index in [9.17, 15) is 9.90 Å². The average Bonchev–Trinajstić information content (AvgIpc) is 3.41. The van der Waals surface area contributed by atoms with Crippen molar-refractivity contribution in [3.05, 3.63) is 46.0 Å². The summed E-state index contributed by atoms with van der Waals surface area (Å²) in [7, 11) is -4.62. The first-order chi connectivity index (χ1) is 23.3. The van der Waals surface area contributed by atoms with Gasteiger partial charge in [-0.3, -0.25) is 4.79 Å². The summed E-state index contributed by atoms with van der Waals surface area (Å²) < 4.78 is 21.8. The summed E-state index contributed by atoms with van der Waals surface area (Å²) in [5.41, 5.74) is 2.38. The van der Waals surface area contributed by atoms with Gasteiger partial charge < -0.3 is 18.7 Å². The lowest BCUT2D eigenvalue weighted by molar-refractivity contribution is -0.155. The number of thiazole rings is 1. The van der Waals surface area contributed by atoms with E-state index in [1.807, 2.05) is 31.4 Å². The second kappa shape index (κ2) is 18.8. The number of aliphatic hydroxyl groups is 1. The summed E-state index contributed by atoms with van der Waals surface area (Å²) in [5, 5.41) is 15.7. The van der Waals surface area contributed by atoms with Crippen LogP contribution < -0.4 is 0 Å². The highest BCUT2D eigenvalue weighted by Gasteiger charge is 2.51. The molecule has 0 spiro atoms. The molecule has 10 heteroatoms. The summed E-state index contributed by atoms with van der Waals surface area (Å²) >= 11 is 4.07. The van der Waals surface area contributed by atoms with Gasteiger partial charge >= 0.3 is 5.97 Å². The zero-order valence-electron chi connectivity index (χ0n) is 34.7. The minimum Gasteiger partial charge on any atom is -0.457 e. The zero-order valence-corrected chi connectivity index (χ0v) is 39.7. The fraction of sp³-hybridized carbons (Fsp3) is 0.756. The van der Waals surface area contributed by atoms with Crippen molar-refractivity contribution in [3.8, 4) is 0 Å². The fourth-order valence-corrected chi connectivity index (χ4v) is 10.7. The Labute approximate surface area is 332 Å². The molecule has 1 unspecified atom stereocenters. The number of aryl methyl sites for hydroxylation is 1. The molecule has 1 N–H and O–H groups in total. The molecule has 6 nitrogen and oxygen atoms in total. The Balaban J connectivity index is 2.78. The maximum atomic E-state index is 14.3. The second-order valence-corrected chi connectivity index (χ2v) is 29.8. The van der Waals surface area contributed by atoms with Crippen LogP contribution in [0.3, 0.4) is 0 Å². The van der Waals surface area contributed by atoms with Crippen LogP contribution in [0.25, 0.3) is 6.08 Å². The normalized spacial score (nSPS) is 30.0. The lowest BCUT2D eigenvalue weighted by Crippen LogP contribution is -2.57. The molecule has 0 amide bonds. The van der Waals surface area contributed by atoms with Crippen molar-refractivity contribution in [2.45, 2.75) is 175 Å². The van der Waals surface area contributed by atoms with Gasteiger partial charge in [0.25, 0.3) is 0 Å². The molecule has 1 aromatic heterocycles. The monoisotopic (exact) mass is 873 g/mol. The molecule has 1 aliphatic heterocycles. The highest BCUT2D eigenvalue weighted by Crippen LogP contribution is 2.47. The lowest BCUT2D eigenvalue weighted by Gasteiger charge is -2.50. The molecule has 1 aliphatic rings. The summed E-state index contributed by atoms with van der Waals surface area (Å²) in [6, 6.07) is 0. The molecule has 0 aromatic carbocycles. The Morgan fingerprint density at radius 3 is 2.24 bits per heavy atom. The molecular formula is C41H72INO5SSi2. The maximum absolute atomic E-state index is 14.3. The van der Waals surface area contributed by atoms with E-state index in [0.717, 1.165) is 40.0 Å². The molecule has 1 aromatic rings. The van der Waals surface area contributed by atoms with Gasteiger partial charge in [0.1, 0.15) is 6.10 Å². The van der Waals surface area contributed by atoms with E-state index >= 15 is 0 Å². The van der Waals surface area contributed by atoms with Crippen molar-refractivity contribution < 1.29 is 23.5 Å². The number of allylic oxidation sites excluding steroid dienone is 2. The van der Waals surface area contributed by atoms with Gasteiger partial charge in [-0.05, 0) is 93.4 Å². The van der Waals surface area contributed by atoms with Gasteiger partial charge in [-0.25, -0.2) is 4.98 Å². The third kappa shape index (κ3) is 12.7. The highest BCUT2D eigenvalue weighted by atomic mass is 127. The second-order valence-electron chi connectivity index (χ2n) is 18.5. The van der Waals surface area contributed by atoms with Gasteiger partial charge in [0, 0.05) is 27.6 Å². The fourth-order valence-electron chi connectivity index (χ4n) is 6.50. The number of carbonyl (C=O) groups is 1. The van der Waals surface area contributed by atoms with Crippen LogP contribution in [0.1, 0.15) is 118 Å². The van der Waals surface area contributed by atoms with Gasteiger partial charge in [0.05, 0.1) is 35.4 Å². The van der Waals surface area contributed by atoms with Crippen molar-refractivity contribution in [2.24, 2.45) is 17.3 Å². The molecule has 0 aliphatic carbocycles. The van der Waals surface area contributed by atoms with Crippen molar-refractivity contribution in [1.29, 1.82) is 0 Å². The van der Waals surface area contributed by atoms with Crippen LogP contribution in [0.5, 0.6) is 0 Å². The van der Waals surface area contributed by atoms with Gasteiger partial charge in [-0.1, -0.05) is 103 Å². The molecule has 7 atom stereocenters. The zero-order chi connectivity index (χ0) is 39.2. The smallest absolute Gasteiger partial charge is 0.309 e. The molecule has 51 heavy (non-hydrogen) atoms. The summed E-state index contributed by atoms with van der Waals surface area (Å²) in [6.07, 6.45) is 8.30. The molecule has 0 radical (unpaired) electrons. The predicted molar refractivity (Wildman–Crippen MR) is 232 cm³/mol. The lowest BCUT2D eigenvalue weighted by atomic mass is 9.68. The Hall–Kier alpha value is -0.636. The quantitative estimate of drug-likeness (QED) is 0.0876. The number of halogens is 1. The van der Waals surface area contributed by atoms with E-state index in [1.165, 1.54) is 5.57 Å². The number of cyclic esters (lactones) is 1. The third-order valence-corrected chi connectivity index (χ3v) is 22.9. The molecule has 0 saturated heterocycles. The van der Waals surface area contributed by atoms with Crippen molar-refractivity contribution >= 4 is 62.6 Å². The van der Waals surface area contributed by atoms with Crippen LogP contribution in [0.15, 0.2) is 35.3 Å². The van der Waals surface area contributed by atoms with Gasteiger partial charge in [0.2, 0.25) is 0 Å². The van der Waals surface area contributed by atoms with Crippen molar-refractivity contribution in [2.75, 3.05) is 4.43 Å². The number of carbonyl (C=O) groups excluding carboxylic acids is 1. The van der Waals surface area contributed by atoms with Crippen LogP contribution in [0, 0.1) is 24.2 Å². The first-order valence-corrected chi connectivity index (χ1v) is 27.2. The van der Waals surface area contributed by atoms with Crippen LogP contribution in [-0.4, -0.2) is 61.5 Å². The van der Waals surface area contributed by atoms with E-state index in [0.29, 0.717) is 12.8 Å². The molecule has 2 rings (SSSR count). The molecule has 2 heterocycles.